The quantitative estimate of drug-likeness (QED) is 0.648. The molecule has 1 aromatic carbocycles. The van der Waals surface area contributed by atoms with Gasteiger partial charge in [0.1, 0.15) is 5.04 Å². The summed E-state index contributed by atoms with van der Waals surface area (Å²) in [5, 5.41) is 15.9. The Morgan fingerprint density at radius 2 is 1.74 bits per heavy atom. The first kappa shape index (κ1) is 21.3. The first-order valence-corrected chi connectivity index (χ1v) is 11.3. The number of carbonyl (C=O) groups is 1. The Morgan fingerprint density at radius 1 is 1.06 bits per heavy atom. The van der Waals surface area contributed by atoms with Gasteiger partial charge >= 0.3 is 0 Å². The number of aromatic nitrogens is 1. The summed E-state index contributed by atoms with van der Waals surface area (Å²) in [6, 6.07) is 10.6. The molecule has 2 aliphatic rings. The number of amidine groups is 2. The minimum absolute atomic E-state index is 0.0734. The van der Waals surface area contributed by atoms with Gasteiger partial charge < -0.3 is 4.57 Å². The molecule has 2 aliphatic heterocycles. The van der Waals surface area contributed by atoms with Crippen molar-refractivity contribution in [1.29, 1.82) is 5.41 Å². The highest BCUT2D eigenvalue weighted by molar-refractivity contribution is 8.27. The van der Waals surface area contributed by atoms with Gasteiger partial charge in [-0.1, -0.05) is 39.8 Å². The highest BCUT2D eigenvalue weighted by Gasteiger charge is 2.36. The van der Waals surface area contributed by atoms with Crippen LogP contribution in [0.15, 0.2) is 46.0 Å². The van der Waals surface area contributed by atoms with Crippen LogP contribution in [0, 0.1) is 25.2 Å². The maximum absolute atomic E-state index is 12.7. The zero-order chi connectivity index (χ0) is 22.4. The van der Waals surface area contributed by atoms with Crippen LogP contribution in [-0.4, -0.2) is 31.5 Å². The molecule has 160 valence electrons. The molecule has 0 saturated heterocycles. The Labute approximate surface area is 187 Å². The van der Waals surface area contributed by atoms with Gasteiger partial charge in [-0.15, -0.1) is 0 Å². The highest BCUT2D eigenvalue weighted by atomic mass is 32.2. The number of nitrogens with zero attached hydrogens (tertiary/aromatic N) is 4. The molecule has 6 nitrogen and oxygen atoms in total. The van der Waals surface area contributed by atoms with Crippen LogP contribution in [0.3, 0.4) is 0 Å². The second-order valence-electron chi connectivity index (χ2n) is 8.52. The minimum atomic E-state index is -0.393. The predicted octanol–water partition coefficient (Wildman–Crippen LogP) is 5.49. The maximum atomic E-state index is 12.7. The minimum Gasteiger partial charge on any atom is -0.318 e. The first-order chi connectivity index (χ1) is 14.7. The first-order valence-electron chi connectivity index (χ1n) is 10.5. The number of hydrogen-bond donors (Lipinski definition) is 1. The number of thioether (sulfide) groups is 1. The number of hydrazone groups is 1. The third-order valence-corrected chi connectivity index (χ3v) is 6.76. The molecule has 0 radical (unpaired) electrons. The molecule has 1 amide bonds. The third kappa shape index (κ3) is 3.78. The molecule has 1 N–H and O–H groups in total. The number of aliphatic imine (C=N–C) groups is 1. The molecule has 2 aromatic rings. The summed E-state index contributed by atoms with van der Waals surface area (Å²) in [4.78, 5) is 16.9. The van der Waals surface area contributed by atoms with Crippen molar-refractivity contribution in [2.24, 2.45) is 16.0 Å². The number of carbonyl (C=O) groups excluding carboxylic acids is 1. The summed E-state index contributed by atoms with van der Waals surface area (Å²) in [5.41, 5.74) is 5.62. The smallest absolute Gasteiger partial charge is 0.283 e. The van der Waals surface area contributed by atoms with Gasteiger partial charge in [-0.2, -0.15) is 15.1 Å². The molecule has 0 aliphatic carbocycles. The van der Waals surface area contributed by atoms with Crippen LogP contribution in [0.25, 0.3) is 11.8 Å². The van der Waals surface area contributed by atoms with Crippen LogP contribution in [0.4, 0.5) is 0 Å². The van der Waals surface area contributed by atoms with Crippen molar-refractivity contribution in [3.05, 3.63) is 58.4 Å². The number of benzene rings is 1. The van der Waals surface area contributed by atoms with E-state index in [2.05, 4.69) is 52.8 Å². The van der Waals surface area contributed by atoms with E-state index in [0.29, 0.717) is 11.1 Å². The number of fused-ring (bicyclic) bond motifs is 1. The van der Waals surface area contributed by atoms with Crippen LogP contribution in [0.2, 0.25) is 0 Å². The SMILES string of the molecule is Cc1cc(C=C2C(=N)N3N=C(C(C)C)SC3=NC2=O)c(C)n1-c1ccc(C(C)C)cc1. The number of hydrogen-bond acceptors (Lipinski definition) is 4. The van der Waals surface area contributed by atoms with Crippen molar-refractivity contribution < 1.29 is 4.79 Å². The molecular formula is C24H27N5OS. The molecule has 31 heavy (non-hydrogen) atoms. The van der Waals surface area contributed by atoms with E-state index < -0.39 is 5.91 Å². The van der Waals surface area contributed by atoms with Gasteiger partial charge in [0.15, 0.2) is 5.84 Å². The number of aryl methyl sites for hydroxylation is 1. The standard InChI is InChI=1S/C24H27N5OS/c1-13(2)17-7-9-19(10-8-17)28-15(5)11-18(16(28)6)12-20-21(25)29-24(26-22(20)30)31-23(27-29)14(3)4/h7-14,25H,1-6H3. The lowest BCUT2D eigenvalue weighted by Gasteiger charge is -2.20. The Kier molecular flexibility index (Phi) is 5.47. The van der Waals surface area contributed by atoms with E-state index in [4.69, 9.17) is 5.41 Å². The van der Waals surface area contributed by atoms with E-state index >= 15 is 0 Å². The van der Waals surface area contributed by atoms with E-state index in [1.807, 2.05) is 33.8 Å². The molecule has 0 bridgehead atoms. The normalized spacial score (nSPS) is 17.7. The van der Waals surface area contributed by atoms with E-state index in [0.717, 1.165) is 27.7 Å². The molecule has 7 heteroatoms. The van der Waals surface area contributed by atoms with Crippen LogP contribution in [0.1, 0.15) is 56.1 Å². The molecule has 3 heterocycles. The Balaban J connectivity index is 1.71. The van der Waals surface area contributed by atoms with Gasteiger partial charge in [-0.25, -0.2) is 0 Å². The fourth-order valence-corrected chi connectivity index (χ4v) is 4.63. The Bertz CT molecular complexity index is 1170. The molecule has 0 spiro atoms. The van der Waals surface area contributed by atoms with Crippen molar-refractivity contribution >= 4 is 39.8 Å². The summed E-state index contributed by atoms with van der Waals surface area (Å²) in [6.45, 7) is 12.5. The monoisotopic (exact) mass is 433 g/mol. The molecule has 4 rings (SSSR count). The van der Waals surface area contributed by atoms with E-state index in [-0.39, 0.29) is 17.3 Å². The van der Waals surface area contributed by atoms with Gasteiger partial charge in [0.2, 0.25) is 5.17 Å². The van der Waals surface area contributed by atoms with Gasteiger partial charge in [0.05, 0.1) is 5.57 Å². The number of nitrogens with one attached hydrogen (secondary N) is 1. The topological polar surface area (TPSA) is 73.8 Å². The van der Waals surface area contributed by atoms with Crippen molar-refractivity contribution in [3.8, 4) is 5.69 Å². The van der Waals surface area contributed by atoms with Crippen LogP contribution < -0.4 is 0 Å². The van der Waals surface area contributed by atoms with Crippen molar-refractivity contribution in [2.75, 3.05) is 0 Å². The summed E-state index contributed by atoms with van der Waals surface area (Å²) >= 11 is 1.36. The summed E-state index contributed by atoms with van der Waals surface area (Å²) < 4.78 is 2.17. The zero-order valence-electron chi connectivity index (χ0n) is 18.7. The van der Waals surface area contributed by atoms with Crippen molar-refractivity contribution in [1.82, 2.24) is 9.58 Å². The molecule has 0 atom stereocenters. The van der Waals surface area contributed by atoms with Gasteiger partial charge in [-0.05, 0) is 66.9 Å². The van der Waals surface area contributed by atoms with E-state index in [1.165, 1.54) is 22.3 Å². The lowest BCUT2D eigenvalue weighted by Crippen LogP contribution is -2.35. The summed E-state index contributed by atoms with van der Waals surface area (Å²) in [6.07, 6.45) is 1.76. The summed E-state index contributed by atoms with van der Waals surface area (Å²) in [5.74, 6) is 0.381. The van der Waals surface area contributed by atoms with Crippen molar-refractivity contribution in [3.63, 3.8) is 0 Å². The van der Waals surface area contributed by atoms with E-state index in [1.54, 1.807) is 6.08 Å². The molecule has 0 saturated carbocycles. The predicted molar refractivity (Wildman–Crippen MR) is 129 cm³/mol. The second kappa shape index (κ2) is 7.96. The molecule has 0 unspecified atom stereocenters. The molecule has 1 aromatic heterocycles. The highest BCUT2D eigenvalue weighted by Crippen LogP contribution is 2.32. The zero-order valence-corrected chi connectivity index (χ0v) is 19.5. The van der Waals surface area contributed by atoms with Gasteiger partial charge in [0, 0.05) is 23.0 Å². The van der Waals surface area contributed by atoms with Crippen LogP contribution >= 0.6 is 11.8 Å². The van der Waals surface area contributed by atoms with E-state index in [9.17, 15) is 4.79 Å². The second-order valence-corrected chi connectivity index (χ2v) is 9.51. The molecular weight excluding hydrogens is 406 g/mol. The fraction of sp³-hybridized carbons (Fsp3) is 0.333. The van der Waals surface area contributed by atoms with Crippen LogP contribution in [0.5, 0.6) is 0 Å². The molecule has 0 fully saturated rings. The number of amides is 1. The average molecular weight is 434 g/mol. The average Bonchev–Trinajstić information content (AvgIpc) is 3.26. The lowest BCUT2D eigenvalue weighted by atomic mass is 10.0. The number of rotatable bonds is 4. The lowest BCUT2D eigenvalue weighted by molar-refractivity contribution is -0.114. The Morgan fingerprint density at radius 3 is 2.35 bits per heavy atom. The van der Waals surface area contributed by atoms with Gasteiger partial charge in [-0.3, -0.25) is 10.2 Å². The maximum Gasteiger partial charge on any atom is 0.283 e. The largest absolute Gasteiger partial charge is 0.318 e. The van der Waals surface area contributed by atoms with Crippen LogP contribution in [-0.2, 0) is 4.79 Å². The fourth-order valence-electron chi connectivity index (χ4n) is 3.74. The third-order valence-electron chi connectivity index (χ3n) is 5.55. The summed E-state index contributed by atoms with van der Waals surface area (Å²) in [7, 11) is 0. The van der Waals surface area contributed by atoms with Gasteiger partial charge in [0.25, 0.3) is 5.91 Å². The van der Waals surface area contributed by atoms with Crippen molar-refractivity contribution in [2.45, 2.75) is 47.5 Å². The Hall–Kier alpha value is -2.93.